The molecule has 0 aliphatic heterocycles. The van der Waals surface area contributed by atoms with Crippen LogP contribution in [-0.4, -0.2) is 25.7 Å². The highest BCUT2D eigenvalue weighted by molar-refractivity contribution is 5.70. The molecule has 0 amide bonds. The summed E-state index contributed by atoms with van der Waals surface area (Å²) < 4.78 is 1.83. The van der Waals surface area contributed by atoms with E-state index in [0.717, 1.165) is 16.8 Å². The van der Waals surface area contributed by atoms with Gasteiger partial charge < -0.3 is 14.8 Å². The molecule has 2 aromatic carbocycles. The Morgan fingerprint density at radius 2 is 1.79 bits per heavy atom. The van der Waals surface area contributed by atoms with E-state index in [1.807, 2.05) is 41.0 Å². The molecule has 24 heavy (non-hydrogen) atoms. The maximum atomic E-state index is 11.2. The summed E-state index contributed by atoms with van der Waals surface area (Å²) in [6, 6.07) is 16.8. The van der Waals surface area contributed by atoms with E-state index < -0.39 is 5.97 Å². The Hall–Kier alpha value is -3.08. The number of phenolic OH excluding ortho intramolecular Hbond substituents is 1. The normalized spacial score (nSPS) is 10.7. The molecule has 0 radical (unpaired) electrons. The molecule has 0 fully saturated rings. The third kappa shape index (κ3) is 3.81. The third-order valence-corrected chi connectivity index (χ3v) is 3.83. The molecule has 0 saturated carbocycles. The highest BCUT2D eigenvalue weighted by atomic mass is 16.4. The summed E-state index contributed by atoms with van der Waals surface area (Å²) in [5.74, 6) is -0.695. The first-order valence-electron chi connectivity index (χ1n) is 7.68. The van der Waals surface area contributed by atoms with Crippen LogP contribution in [0.2, 0.25) is 0 Å². The van der Waals surface area contributed by atoms with E-state index in [1.54, 1.807) is 24.5 Å². The molecule has 0 saturated heterocycles. The van der Waals surface area contributed by atoms with Gasteiger partial charge in [0.25, 0.3) is 0 Å². The van der Waals surface area contributed by atoms with Crippen molar-refractivity contribution in [2.45, 2.75) is 19.4 Å². The largest absolute Gasteiger partial charge is 0.508 e. The molecule has 3 aromatic rings. The summed E-state index contributed by atoms with van der Waals surface area (Å²) in [5, 5.41) is 18.8. The van der Waals surface area contributed by atoms with Crippen LogP contribution < -0.4 is 0 Å². The summed E-state index contributed by atoms with van der Waals surface area (Å²) in [4.78, 5) is 15.7. The van der Waals surface area contributed by atoms with Crippen LogP contribution in [-0.2, 0) is 24.2 Å². The topological polar surface area (TPSA) is 75.3 Å². The third-order valence-electron chi connectivity index (χ3n) is 3.83. The highest BCUT2D eigenvalue weighted by Crippen LogP contribution is 2.18. The predicted molar refractivity (Wildman–Crippen MR) is 90.0 cm³/mol. The van der Waals surface area contributed by atoms with Crippen molar-refractivity contribution < 1.29 is 15.0 Å². The number of aliphatic carboxylic acids is 1. The molecule has 0 bridgehead atoms. The number of hydrogen-bond donors (Lipinski definition) is 2. The van der Waals surface area contributed by atoms with E-state index in [0.29, 0.717) is 18.7 Å². The van der Waals surface area contributed by atoms with E-state index in [9.17, 15) is 15.0 Å². The van der Waals surface area contributed by atoms with Crippen LogP contribution in [0.15, 0.2) is 60.9 Å². The van der Waals surface area contributed by atoms with Gasteiger partial charge in [-0.3, -0.25) is 4.79 Å². The minimum Gasteiger partial charge on any atom is -0.508 e. The fourth-order valence-electron chi connectivity index (χ4n) is 2.72. The van der Waals surface area contributed by atoms with Gasteiger partial charge in [0, 0.05) is 13.0 Å². The van der Waals surface area contributed by atoms with Crippen molar-refractivity contribution in [3.63, 3.8) is 0 Å². The van der Waals surface area contributed by atoms with E-state index in [2.05, 4.69) is 4.98 Å². The molecule has 5 nitrogen and oxygen atoms in total. The SMILES string of the molecule is O=C(O)Cc1c(Cc2ccccc2)ncn1Cc1cccc(O)c1. The number of aromatic hydroxyl groups is 1. The lowest BCUT2D eigenvalue weighted by atomic mass is 10.1. The first-order chi connectivity index (χ1) is 11.6. The summed E-state index contributed by atoms with van der Waals surface area (Å²) in [5.41, 5.74) is 3.44. The second-order valence-corrected chi connectivity index (χ2v) is 5.67. The lowest BCUT2D eigenvalue weighted by molar-refractivity contribution is -0.136. The zero-order chi connectivity index (χ0) is 16.9. The molecular weight excluding hydrogens is 304 g/mol. The Balaban J connectivity index is 1.90. The molecule has 0 atom stereocenters. The Morgan fingerprint density at radius 1 is 1.04 bits per heavy atom. The smallest absolute Gasteiger partial charge is 0.309 e. The zero-order valence-electron chi connectivity index (χ0n) is 13.1. The molecule has 122 valence electrons. The second-order valence-electron chi connectivity index (χ2n) is 5.67. The molecule has 3 rings (SSSR count). The second kappa shape index (κ2) is 7.00. The van der Waals surface area contributed by atoms with Gasteiger partial charge in [0.2, 0.25) is 0 Å². The number of imidazole rings is 1. The van der Waals surface area contributed by atoms with Gasteiger partial charge in [0.05, 0.1) is 24.1 Å². The Kier molecular flexibility index (Phi) is 4.61. The van der Waals surface area contributed by atoms with Crippen LogP contribution >= 0.6 is 0 Å². The van der Waals surface area contributed by atoms with Gasteiger partial charge in [-0.1, -0.05) is 42.5 Å². The van der Waals surface area contributed by atoms with Crippen LogP contribution in [0.4, 0.5) is 0 Å². The molecule has 1 aromatic heterocycles. The molecule has 0 aliphatic carbocycles. The molecule has 0 spiro atoms. The Labute approximate surface area is 139 Å². The van der Waals surface area contributed by atoms with Gasteiger partial charge in [-0.15, -0.1) is 0 Å². The van der Waals surface area contributed by atoms with E-state index in [4.69, 9.17) is 0 Å². The first-order valence-corrected chi connectivity index (χ1v) is 7.68. The van der Waals surface area contributed by atoms with E-state index >= 15 is 0 Å². The quantitative estimate of drug-likeness (QED) is 0.732. The number of benzene rings is 2. The average Bonchev–Trinajstić information content (AvgIpc) is 2.90. The highest BCUT2D eigenvalue weighted by Gasteiger charge is 2.15. The van der Waals surface area contributed by atoms with Crippen molar-refractivity contribution in [2.24, 2.45) is 0 Å². The van der Waals surface area contributed by atoms with Crippen molar-refractivity contribution in [3.05, 3.63) is 83.4 Å². The van der Waals surface area contributed by atoms with Crippen LogP contribution in [0.5, 0.6) is 5.75 Å². The van der Waals surface area contributed by atoms with E-state index in [-0.39, 0.29) is 12.2 Å². The Bertz CT molecular complexity index is 841. The van der Waals surface area contributed by atoms with Crippen LogP contribution in [0, 0.1) is 0 Å². The van der Waals surface area contributed by atoms with Gasteiger partial charge >= 0.3 is 5.97 Å². The fraction of sp³-hybridized carbons (Fsp3) is 0.158. The monoisotopic (exact) mass is 322 g/mol. The molecule has 5 heteroatoms. The summed E-state index contributed by atoms with van der Waals surface area (Å²) in [6.07, 6.45) is 2.18. The molecule has 0 aliphatic rings. The fourth-order valence-corrected chi connectivity index (χ4v) is 2.72. The lowest BCUT2D eigenvalue weighted by Gasteiger charge is -2.09. The molecule has 0 unspecified atom stereocenters. The summed E-state index contributed by atoms with van der Waals surface area (Å²) >= 11 is 0. The minimum absolute atomic E-state index is 0.0824. The number of phenols is 1. The predicted octanol–water partition coefficient (Wildman–Crippen LogP) is 2.85. The zero-order valence-corrected chi connectivity index (χ0v) is 13.1. The van der Waals surface area contributed by atoms with Crippen molar-refractivity contribution >= 4 is 5.97 Å². The first kappa shape index (κ1) is 15.8. The number of carboxylic acid groups (broad SMARTS) is 1. The number of carbonyl (C=O) groups is 1. The van der Waals surface area contributed by atoms with Crippen molar-refractivity contribution in [1.29, 1.82) is 0 Å². The van der Waals surface area contributed by atoms with Crippen LogP contribution in [0.25, 0.3) is 0 Å². The van der Waals surface area contributed by atoms with Crippen LogP contribution in [0.1, 0.15) is 22.5 Å². The standard InChI is InChI=1S/C19H18N2O3/c22-16-8-4-7-15(9-16)12-21-13-20-17(18(21)11-19(23)24)10-14-5-2-1-3-6-14/h1-9,13,22H,10-12H2,(H,23,24). The minimum atomic E-state index is -0.887. The maximum absolute atomic E-state index is 11.2. The van der Waals surface area contributed by atoms with Crippen molar-refractivity contribution in [3.8, 4) is 5.75 Å². The Morgan fingerprint density at radius 3 is 2.50 bits per heavy atom. The average molecular weight is 322 g/mol. The number of carboxylic acids is 1. The molecular formula is C19H18N2O3. The molecule has 1 heterocycles. The van der Waals surface area contributed by atoms with Gasteiger partial charge in [-0.25, -0.2) is 4.98 Å². The number of aromatic nitrogens is 2. The number of rotatable bonds is 6. The van der Waals surface area contributed by atoms with Gasteiger partial charge in [-0.2, -0.15) is 0 Å². The van der Waals surface area contributed by atoms with Crippen molar-refractivity contribution in [2.75, 3.05) is 0 Å². The van der Waals surface area contributed by atoms with Crippen molar-refractivity contribution in [1.82, 2.24) is 9.55 Å². The van der Waals surface area contributed by atoms with Gasteiger partial charge in [0.1, 0.15) is 5.75 Å². The summed E-state index contributed by atoms with van der Waals surface area (Å²) in [6.45, 7) is 0.471. The maximum Gasteiger partial charge on any atom is 0.309 e. The van der Waals surface area contributed by atoms with Gasteiger partial charge in [0.15, 0.2) is 0 Å². The number of hydrogen-bond acceptors (Lipinski definition) is 3. The van der Waals surface area contributed by atoms with E-state index in [1.165, 1.54) is 0 Å². The lowest BCUT2D eigenvalue weighted by Crippen LogP contribution is -2.11. The summed E-state index contributed by atoms with van der Waals surface area (Å²) in [7, 11) is 0. The van der Waals surface area contributed by atoms with Crippen LogP contribution in [0.3, 0.4) is 0 Å². The van der Waals surface area contributed by atoms with Gasteiger partial charge in [-0.05, 0) is 23.3 Å². The molecule has 2 N–H and O–H groups in total. The number of nitrogens with zero attached hydrogens (tertiary/aromatic N) is 2.